The summed E-state index contributed by atoms with van der Waals surface area (Å²) in [5.74, 6) is 0. The molecule has 4 heteroatoms. The van der Waals surface area contributed by atoms with E-state index in [-0.39, 0.29) is 4.87 Å². The zero-order chi connectivity index (χ0) is 11.5. The number of thiazole rings is 1. The maximum absolute atomic E-state index is 11.5. The van der Waals surface area contributed by atoms with Gasteiger partial charge < -0.3 is 10.3 Å². The molecule has 2 N–H and O–H groups in total. The van der Waals surface area contributed by atoms with E-state index in [4.69, 9.17) is 5.73 Å². The third kappa shape index (κ3) is 2.17. The average molecular weight is 234 g/mol. The van der Waals surface area contributed by atoms with Gasteiger partial charge in [0.15, 0.2) is 0 Å². The van der Waals surface area contributed by atoms with Gasteiger partial charge in [-0.15, -0.1) is 0 Å². The first-order valence-electron chi connectivity index (χ1n) is 5.17. The zero-order valence-electron chi connectivity index (χ0n) is 9.14. The van der Waals surface area contributed by atoms with Gasteiger partial charge in [0.25, 0.3) is 0 Å². The summed E-state index contributed by atoms with van der Waals surface area (Å²) in [5, 5.41) is 1.89. The van der Waals surface area contributed by atoms with Crippen LogP contribution >= 0.6 is 11.3 Å². The number of benzene rings is 1. The van der Waals surface area contributed by atoms with Gasteiger partial charge in [-0.05, 0) is 25.0 Å². The highest BCUT2D eigenvalue weighted by atomic mass is 32.1. The lowest BCUT2D eigenvalue weighted by molar-refractivity contribution is 0.667. The second kappa shape index (κ2) is 4.53. The summed E-state index contributed by atoms with van der Waals surface area (Å²) >= 11 is 1.25. The van der Waals surface area contributed by atoms with Crippen molar-refractivity contribution >= 4 is 17.0 Å². The molecule has 0 fully saturated rings. The lowest BCUT2D eigenvalue weighted by atomic mass is 10.1. The van der Waals surface area contributed by atoms with Crippen LogP contribution in [-0.4, -0.2) is 4.57 Å². The predicted octanol–water partition coefficient (Wildman–Crippen LogP) is 2.04. The molecule has 2 aromatic rings. The molecule has 0 saturated carbocycles. The van der Waals surface area contributed by atoms with Crippen LogP contribution in [0, 0.1) is 6.92 Å². The highest BCUT2D eigenvalue weighted by molar-refractivity contribution is 7.07. The Kier molecular flexibility index (Phi) is 3.10. The largest absolute Gasteiger partial charge is 0.399 e. The van der Waals surface area contributed by atoms with Crippen LogP contribution in [0.25, 0.3) is 0 Å². The van der Waals surface area contributed by atoms with Crippen LogP contribution in [0.1, 0.15) is 11.3 Å². The van der Waals surface area contributed by atoms with E-state index in [1.807, 2.05) is 36.6 Å². The van der Waals surface area contributed by atoms with Gasteiger partial charge in [-0.1, -0.05) is 29.5 Å². The van der Waals surface area contributed by atoms with Crippen LogP contribution in [0.4, 0.5) is 5.69 Å². The van der Waals surface area contributed by atoms with Gasteiger partial charge in [0.05, 0.1) is 0 Å². The molecule has 1 aromatic carbocycles. The first kappa shape index (κ1) is 11.0. The van der Waals surface area contributed by atoms with E-state index in [0.29, 0.717) is 6.54 Å². The van der Waals surface area contributed by atoms with E-state index in [0.717, 1.165) is 23.4 Å². The Balaban J connectivity index is 2.14. The Hall–Kier alpha value is -1.55. The maximum atomic E-state index is 11.5. The van der Waals surface area contributed by atoms with Crippen molar-refractivity contribution in [2.24, 2.45) is 0 Å². The van der Waals surface area contributed by atoms with Crippen LogP contribution in [0.3, 0.4) is 0 Å². The maximum Gasteiger partial charge on any atom is 0.307 e. The smallest absolute Gasteiger partial charge is 0.307 e. The van der Waals surface area contributed by atoms with Crippen molar-refractivity contribution < 1.29 is 0 Å². The molecule has 0 unspecified atom stereocenters. The number of hydrogen-bond donors (Lipinski definition) is 1. The third-order valence-corrected chi connectivity index (χ3v) is 3.52. The second-order valence-corrected chi connectivity index (χ2v) is 4.56. The monoisotopic (exact) mass is 234 g/mol. The van der Waals surface area contributed by atoms with Crippen molar-refractivity contribution in [3.63, 3.8) is 0 Å². The number of nitrogen functional groups attached to an aromatic ring is 1. The molecule has 0 amide bonds. The van der Waals surface area contributed by atoms with E-state index < -0.39 is 0 Å². The number of aromatic nitrogens is 1. The minimum atomic E-state index is 0.104. The second-order valence-electron chi connectivity index (χ2n) is 3.74. The van der Waals surface area contributed by atoms with Crippen molar-refractivity contribution in [3.05, 3.63) is 50.6 Å². The Morgan fingerprint density at radius 3 is 2.75 bits per heavy atom. The highest BCUT2D eigenvalue weighted by Crippen LogP contribution is 2.12. The fraction of sp³-hybridized carbons (Fsp3) is 0.250. The van der Waals surface area contributed by atoms with Gasteiger partial charge in [0.1, 0.15) is 0 Å². The first-order chi connectivity index (χ1) is 7.68. The average Bonchev–Trinajstić information content (AvgIpc) is 2.58. The number of hydrogen-bond acceptors (Lipinski definition) is 3. The number of rotatable bonds is 3. The quantitative estimate of drug-likeness (QED) is 0.826. The Morgan fingerprint density at radius 2 is 2.12 bits per heavy atom. The van der Waals surface area contributed by atoms with Gasteiger partial charge in [-0.3, -0.25) is 4.79 Å². The van der Waals surface area contributed by atoms with E-state index >= 15 is 0 Å². The summed E-state index contributed by atoms with van der Waals surface area (Å²) in [4.78, 5) is 11.6. The lowest BCUT2D eigenvalue weighted by Crippen LogP contribution is -2.16. The SMILES string of the molecule is Cc1csc(=O)n1CCc1ccccc1N. The van der Waals surface area contributed by atoms with Gasteiger partial charge in [0.2, 0.25) is 0 Å². The van der Waals surface area contributed by atoms with Gasteiger partial charge in [0, 0.05) is 23.3 Å². The van der Waals surface area contributed by atoms with E-state index in [9.17, 15) is 4.79 Å². The van der Waals surface area contributed by atoms with E-state index in [2.05, 4.69) is 0 Å². The zero-order valence-corrected chi connectivity index (χ0v) is 9.96. The Morgan fingerprint density at radius 1 is 1.38 bits per heavy atom. The minimum absolute atomic E-state index is 0.104. The number of anilines is 1. The molecule has 2 rings (SSSR count). The Labute approximate surface area is 98.2 Å². The predicted molar refractivity (Wildman–Crippen MR) is 67.9 cm³/mol. The van der Waals surface area contributed by atoms with Gasteiger partial charge >= 0.3 is 4.87 Å². The van der Waals surface area contributed by atoms with Crippen LogP contribution < -0.4 is 10.6 Å². The fourth-order valence-corrected chi connectivity index (χ4v) is 2.43. The third-order valence-electron chi connectivity index (χ3n) is 2.64. The molecule has 16 heavy (non-hydrogen) atoms. The van der Waals surface area contributed by atoms with Gasteiger partial charge in [-0.25, -0.2) is 0 Å². The van der Waals surface area contributed by atoms with Crippen molar-refractivity contribution in [2.75, 3.05) is 5.73 Å². The number of para-hydroxylation sites is 1. The van der Waals surface area contributed by atoms with E-state index in [1.54, 1.807) is 4.57 Å². The summed E-state index contributed by atoms with van der Waals surface area (Å²) in [7, 11) is 0. The molecular weight excluding hydrogens is 220 g/mol. The molecule has 1 heterocycles. The molecular formula is C12H14N2OS. The molecule has 1 aromatic heterocycles. The van der Waals surface area contributed by atoms with Crippen molar-refractivity contribution in [1.82, 2.24) is 4.57 Å². The molecule has 0 atom stereocenters. The molecule has 0 saturated heterocycles. The first-order valence-corrected chi connectivity index (χ1v) is 6.05. The van der Waals surface area contributed by atoms with Crippen LogP contribution in [0.5, 0.6) is 0 Å². The molecule has 84 valence electrons. The van der Waals surface area contributed by atoms with Gasteiger partial charge in [-0.2, -0.15) is 0 Å². The standard InChI is InChI=1S/C12H14N2OS/c1-9-8-16-12(15)14(9)7-6-10-4-2-3-5-11(10)13/h2-5,8H,6-7,13H2,1H3. The molecule has 0 radical (unpaired) electrons. The molecule has 0 aliphatic carbocycles. The van der Waals surface area contributed by atoms with Crippen LogP contribution in [0.2, 0.25) is 0 Å². The lowest BCUT2D eigenvalue weighted by Gasteiger charge is -2.06. The van der Waals surface area contributed by atoms with E-state index in [1.165, 1.54) is 11.3 Å². The minimum Gasteiger partial charge on any atom is -0.399 e. The molecule has 0 aliphatic rings. The van der Waals surface area contributed by atoms with Crippen molar-refractivity contribution in [2.45, 2.75) is 19.9 Å². The Bertz CT molecular complexity index is 542. The molecule has 3 nitrogen and oxygen atoms in total. The highest BCUT2D eigenvalue weighted by Gasteiger charge is 2.03. The fourth-order valence-electron chi connectivity index (χ4n) is 1.67. The topological polar surface area (TPSA) is 48.0 Å². The van der Waals surface area contributed by atoms with Crippen molar-refractivity contribution in [1.29, 1.82) is 0 Å². The normalized spacial score (nSPS) is 10.6. The number of aryl methyl sites for hydroxylation is 2. The van der Waals surface area contributed by atoms with Crippen LogP contribution in [0.15, 0.2) is 34.4 Å². The summed E-state index contributed by atoms with van der Waals surface area (Å²) < 4.78 is 1.79. The number of nitrogens with zero attached hydrogens (tertiary/aromatic N) is 1. The summed E-state index contributed by atoms with van der Waals surface area (Å²) in [5.41, 5.74) is 8.76. The molecule has 0 aliphatic heterocycles. The summed E-state index contributed by atoms with van der Waals surface area (Å²) in [6, 6.07) is 7.77. The van der Waals surface area contributed by atoms with Crippen LogP contribution in [-0.2, 0) is 13.0 Å². The molecule has 0 bridgehead atoms. The summed E-state index contributed by atoms with van der Waals surface area (Å²) in [6.07, 6.45) is 0.796. The summed E-state index contributed by atoms with van der Waals surface area (Å²) in [6.45, 7) is 2.65. The number of nitrogens with two attached hydrogens (primary N) is 1. The van der Waals surface area contributed by atoms with Crippen molar-refractivity contribution in [3.8, 4) is 0 Å². The molecule has 0 spiro atoms.